The zero-order chi connectivity index (χ0) is 8.27. The van der Waals surface area contributed by atoms with Gasteiger partial charge in [-0.15, -0.1) is 0 Å². The highest BCUT2D eigenvalue weighted by atomic mass is 32.1. The highest BCUT2D eigenvalue weighted by Crippen LogP contribution is 2.06. The summed E-state index contributed by atoms with van der Waals surface area (Å²) in [6, 6.07) is 8.59. The quantitative estimate of drug-likeness (QED) is 0.642. The molecule has 0 heterocycles. The van der Waals surface area contributed by atoms with Crippen molar-refractivity contribution in [2.24, 2.45) is 0 Å². The third-order valence-corrected chi connectivity index (χ3v) is 1.50. The number of hydrogen-bond acceptors (Lipinski definition) is 2. The minimum absolute atomic E-state index is 0.234. The van der Waals surface area contributed by atoms with E-state index in [1.807, 2.05) is 6.07 Å². The van der Waals surface area contributed by atoms with Crippen molar-refractivity contribution >= 4 is 17.3 Å². The Bertz CT molecular complexity index is 327. The molecule has 0 saturated carbocycles. The van der Waals surface area contributed by atoms with Crippen molar-refractivity contribution in [2.45, 2.75) is 0 Å². The van der Waals surface area contributed by atoms with Crippen LogP contribution in [0.25, 0.3) is 0 Å². The lowest BCUT2D eigenvalue weighted by Crippen LogP contribution is -1.97. The summed E-state index contributed by atoms with van der Waals surface area (Å²) in [4.78, 5) is 0. The minimum Gasteiger partial charge on any atom is -0.498 e. The minimum atomic E-state index is -0.234. The van der Waals surface area contributed by atoms with Gasteiger partial charge in [0.1, 0.15) is 0 Å². The molecular formula is C8H5NOS. The van der Waals surface area contributed by atoms with Gasteiger partial charge in [0.15, 0.2) is 5.05 Å². The molecule has 0 spiro atoms. The summed E-state index contributed by atoms with van der Waals surface area (Å²) in [7, 11) is 0. The molecule has 1 N–H and O–H groups in total. The van der Waals surface area contributed by atoms with Crippen molar-refractivity contribution in [1.29, 1.82) is 5.26 Å². The van der Waals surface area contributed by atoms with Crippen LogP contribution in [0.2, 0.25) is 0 Å². The largest absolute Gasteiger partial charge is 0.498 e. The third-order valence-electron chi connectivity index (χ3n) is 1.28. The molecule has 54 valence electrons. The number of aliphatic hydroxyl groups is 1. The van der Waals surface area contributed by atoms with E-state index >= 15 is 0 Å². The molecule has 0 saturated heterocycles. The Kier molecular flexibility index (Phi) is 2.19. The van der Waals surface area contributed by atoms with Crippen LogP contribution in [0.1, 0.15) is 11.1 Å². The van der Waals surface area contributed by atoms with Crippen molar-refractivity contribution in [3.05, 3.63) is 35.4 Å². The fourth-order valence-electron chi connectivity index (χ4n) is 0.767. The van der Waals surface area contributed by atoms with Crippen LogP contribution in [0.5, 0.6) is 0 Å². The van der Waals surface area contributed by atoms with Crippen LogP contribution >= 0.6 is 12.2 Å². The Morgan fingerprint density at radius 3 is 2.55 bits per heavy atom. The maximum absolute atomic E-state index is 8.92. The molecule has 2 nitrogen and oxygen atoms in total. The zero-order valence-corrected chi connectivity index (χ0v) is 6.43. The molecule has 0 aliphatic rings. The molecular weight excluding hydrogens is 158 g/mol. The SMILES string of the molecule is N#Cc1ccccc1C(O)=S. The van der Waals surface area contributed by atoms with Gasteiger partial charge in [0, 0.05) is 5.56 Å². The van der Waals surface area contributed by atoms with Crippen LogP contribution < -0.4 is 0 Å². The van der Waals surface area contributed by atoms with E-state index in [1.54, 1.807) is 24.3 Å². The lowest BCUT2D eigenvalue weighted by molar-refractivity contribution is 0.571. The van der Waals surface area contributed by atoms with Crippen molar-refractivity contribution in [3.63, 3.8) is 0 Å². The number of rotatable bonds is 1. The molecule has 0 atom stereocenters. The molecule has 0 aliphatic carbocycles. The molecule has 0 aliphatic heterocycles. The Labute approximate surface area is 69.7 Å². The van der Waals surface area contributed by atoms with Crippen LogP contribution in [-0.4, -0.2) is 10.2 Å². The summed E-state index contributed by atoms with van der Waals surface area (Å²) in [5.41, 5.74) is 0.824. The molecule has 11 heavy (non-hydrogen) atoms. The van der Waals surface area contributed by atoms with Gasteiger partial charge in [0.2, 0.25) is 0 Å². The summed E-state index contributed by atoms with van der Waals surface area (Å²) in [6.45, 7) is 0. The normalized spacial score (nSPS) is 8.64. The molecule has 0 fully saturated rings. The van der Waals surface area contributed by atoms with E-state index in [4.69, 9.17) is 10.4 Å². The Morgan fingerprint density at radius 2 is 2.09 bits per heavy atom. The first-order chi connectivity index (χ1) is 5.25. The summed E-state index contributed by atoms with van der Waals surface area (Å²) >= 11 is 4.52. The third kappa shape index (κ3) is 1.54. The van der Waals surface area contributed by atoms with Crippen LogP contribution in [0.3, 0.4) is 0 Å². The van der Waals surface area contributed by atoms with E-state index in [9.17, 15) is 0 Å². The topological polar surface area (TPSA) is 44.0 Å². The highest BCUT2D eigenvalue weighted by Gasteiger charge is 2.02. The van der Waals surface area contributed by atoms with Gasteiger partial charge in [-0.3, -0.25) is 0 Å². The Hall–Kier alpha value is -1.40. The number of nitrogens with zero attached hydrogens (tertiary/aromatic N) is 1. The molecule has 1 aromatic carbocycles. The molecule has 0 aromatic heterocycles. The number of hydrogen-bond donors (Lipinski definition) is 1. The standard InChI is InChI=1S/C8H5NOS/c9-5-6-3-1-2-4-7(6)8(10)11/h1-4H,(H,10,11). The van der Waals surface area contributed by atoms with Gasteiger partial charge >= 0.3 is 0 Å². The van der Waals surface area contributed by atoms with Crippen LogP contribution in [0, 0.1) is 11.3 Å². The average Bonchev–Trinajstić information content (AvgIpc) is 2.04. The van der Waals surface area contributed by atoms with Gasteiger partial charge < -0.3 is 5.11 Å². The van der Waals surface area contributed by atoms with Crippen LogP contribution in [0.15, 0.2) is 24.3 Å². The Morgan fingerprint density at radius 1 is 1.45 bits per heavy atom. The predicted octanol–water partition coefficient (Wildman–Crippen LogP) is 1.79. The van der Waals surface area contributed by atoms with E-state index in [0.29, 0.717) is 11.1 Å². The number of aliphatic hydroxyl groups excluding tert-OH is 1. The first-order valence-corrected chi connectivity index (χ1v) is 3.39. The van der Waals surface area contributed by atoms with E-state index < -0.39 is 0 Å². The molecule has 0 amide bonds. The van der Waals surface area contributed by atoms with Crippen molar-refractivity contribution in [1.82, 2.24) is 0 Å². The fourth-order valence-corrected chi connectivity index (χ4v) is 0.945. The number of benzene rings is 1. The lowest BCUT2D eigenvalue weighted by atomic mass is 10.1. The summed E-state index contributed by atoms with van der Waals surface area (Å²) in [5, 5.41) is 17.2. The number of thiocarbonyl (C=S) groups is 1. The predicted molar refractivity (Wildman–Crippen MR) is 45.5 cm³/mol. The molecule has 1 aromatic rings. The van der Waals surface area contributed by atoms with E-state index in [2.05, 4.69) is 12.2 Å². The Balaban J connectivity index is 3.26. The zero-order valence-electron chi connectivity index (χ0n) is 5.61. The second-order valence-corrected chi connectivity index (χ2v) is 2.35. The van der Waals surface area contributed by atoms with Gasteiger partial charge in [-0.25, -0.2) is 0 Å². The van der Waals surface area contributed by atoms with Gasteiger partial charge in [0.25, 0.3) is 0 Å². The van der Waals surface area contributed by atoms with Crippen LogP contribution in [0.4, 0.5) is 0 Å². The molecule has 1 rings (SSSR count). The van der Waals surface area contributed by atoms with Gasteiger partial charge in [-0.2, -0.15) is 5.26 Å². The maximum atomic E-state index is 8.92. The fraction of sp³-hybridized carbons (Fsp3) is 0. The first-order valence-electron chi connectivity index (χ1n) is 2.98. The number of nitriles is 1. The average molecular weight is 163 g/mol. The summed E-state index contributed by atoms with van der Waals surface area (Å²) < 4.78 is 0. The summed E-state index contributed by atoms with van der Waals surface area (Å²) in [5.74, 6) is 0. The van der Waals surface area contributed by atoms with E-state index in [-0.39, 0.29) is 5.05 Å². The van der Waals surface area contributed by atoms with E-state index in [1.165, 1.54) is 0 Å². The molecule has 3 heteroatoms. The van der Waals surface area contributed by atoms with Crippen molar-refractivity contribution < 1.29 is 5.11 Å². The lowest BCUT2D eigenvalue weighted by Gasteiger charge is -1.96. The highest BCUT2D eigenvalue weighted by molar-refractivity contribution is 7.80. The molecule has 0 bridgehead atoms. The van der Waals surface area contributed by atoms with Crippen LogP contribution in [-0.2, 0) is 0 Å². The first kappa shape index (κ1) is 7.70. The smallest absolute Gasteiger partial charge is 0.190 e. The second kappa shape index (κ2) is 3.13. The second-order valence-electron chi connectivity index (χ2n) is 1.96. The maximum Gasteiger partial charge on any atom is 0.190 e. The van der Waals surface area contributed by atoms with Gasteiger partial charge in [-0.05, 0) is 24.4 Å². The van der Waals surface area contributed by atoms with Crippen molar-refractivity contribution in [2.75, 3.05) is 0 Å². The van der Waals surface area contributed by atoms with Crippen molar-refractivity contribution in [3.8, 4) is 6.07 Å². The van der Waals surface area contributed by atoms with Gasteiger partial charge in [0.05, 0.1) is 11.6 Å². The molecule has 0 radical (unpaired) electrons. The van der Waals surface area contributed by atoms with E-state index in [0.717, 1.165) is 0 Å². The summed E-state index contributed by atoms with van der Waals surface area (Å²) in [6.07, 6.45) is 0. The molecule has 0 unspecified atom stereocenters. The van der Waals surface area contributed by atoms with Gasteiger partial charge in [-0.1, -0.05) is 12.1 Å². The monoisotopic (exact) mass is 163 g/mol.